The number of amides is 4. The van der Waals surface area contributed by atoms with Gasteiger partial charge in [-0.1, -0.05) is 118 Å². The summed E-state index contributed by atoms with van der Waals surface area (Å²) in [4.78, 5) is 72.7. The molecule has 4 heterocycles. The smallest absolute Gasteiger partial charge is 0.246 e. The zero-order valence-electron chi connectivity index (χ0n) is 42.5. The van der Waals surface area contributed by atoms with E-state index in [0.717, 1.165) is 110 Å². The lowest BCUT2D eigenvalue weighted by molar-refractivity contribution is -0.144. The van der Waals surface area contributed by atoms with E-state index in [0.29, 0.717) is 46.8 Å². The van der Waals surface area contributed by atoms with Crippen LogP contribution in [0.3, 0.4) is 0 Å². The molecule has 0 spiro atoms. The summed E-state index contributed by atoms with van der Waals surface area (Å²) in [5.74, 6) is 0.231. The van der Waals surface area contributed by atoms with Gasteiger partial charge in [-0.05, 0) is 93.0 Å². The first-order chi connectivity index (χ1) is 34.4. The average Bonchev–Trinajstić information content (AvgIpc) is 3.98. The van der Waals surface area contributed by atoms with E-state index < -0.39 is 23.6 Å². The number of anilines is 2. The number of carbonyl (C=O) groups is 4. The Kier molecular flexibility index (Phi) is 21.0. The molecule has 4 aromatic rings. The van der Waals surface area contributed by atoms with Crippen molar-refractivity contribution in [2.45, 2.75) is 159 Å². The number of nitrogens with zero attached hydrogens (tertiary/aromatic N) is 5. The van der Waals surface area contributed by atoms with Crippen molar-refractivity contribution < 1.29 is 24.3 Å². The molecular formula is C53H74Cl2N10O5S2. The first kappa shape index (κ1) is 56.8. The summed E-state index contributed by atoms with van der Waals surface area (Å²) in [6.45, 7) is 12.4. The maximum Gasteiger partial charge on any atom is 0.246 e. The number of nitrogens with one attached hydrogen (secondary N) is 3. The van der Waals surface area contributed by atoms with Gasteiger partial charge in [0.1, 0.15) is 22.9 Å². The molecule has 392 valence electrons. The number of benzene rings is 2. The summed E-state index contributed by atoms with van der Waals surface area (Å²) in [5, 5.41) is 21.2. The van der Waals surface area contributed by atoms with E-state index in [2.05, 4.69) is 35.8 Å². The standard InChI is InChI=1S/C53H74Cl2N10O5S2/c1-34(36-19-21-37(22-20-36)46-35(2)60-33-71-46)61-49(69)40-29-38(66)31-65(40)51(70)47(52(3,4)5)63-44(68)18-10-7-6-8-13-26-58-43(67)17-11-9-12-23-53(32-56)24-27-64(28-25-53)42-30-59-50(48(57)62-42)72-41-16-14-15-39(54)45(41)55/h14-16,19-22,30,33-34,38,40,47,66H,6-13,17-18,23-29,31-32,56H2,1-5H3,(H2,57,62)(H,58,67)(H,61,69)(H,63,68). The summed E-state index contributed by atoms with van der Waals surface area (Å²) in [7, 11) is 0. The van der Waals surface area contributed by atoms with Gasteiger partial charge in [0.05, 0.1) is 44.5 Å². The van der Waals surface area contributed by atoms with Crippen molar-refractivity contribution >= 4 is 81.6 Å². The van der Waals surface area contributed by atoms with Crippen molar-refractivity contribution in [1.29, 1.82) is 0 Å². The summed E-state index contributed by atoms with van der Waals surface area (Å²) in [6.07, 6.45) is 11.8. The Hall–Kier alpha value is -4.52. The van der Waals surface area contributed by atoms with Crippen molar-refractivity contribution in [2.24, 2.45) is 16.6 Å². The van der Waals surface area contributed by atoms with E-state index >= 15 is 0 Å². The lowest BCUT2D eigenvalue weighted by Gasteiger charge is -2.42. The molecule has 0 aliphatic carbocycles. The van der Waals surface area contributed by atoms with Crippen molar-refractivity contribution in [1.82, 2.24) is 35.8 Å². The molecule has 0 saturated carbocycles. The molecule has 19 heteroatoms. The van der Waals surface area contributed by atoms with Crippen LogP contribution in [0.2, 0.25) is 10.0 Å². The van der Waals surface area contributed by atoms with Crippen LogP contribution in [0.5, 0.6) is 0 Å². The van der Waals surface area contributed by atoms with Crippen molar-refractivity contribution in [3.63, 3.8) is 0 Å². The van der Waals surface area contributed by atoms with Gasteiger partial charge in [-0.2, -0.15) is 0 Å². The van der Waals surface area contributed by atoms with Crippen LogP contribution < -0.4 is 32.3 Å². The molecule has 2 aromatic carbocycles. The molecule has 4 unspecified atom stereocenters. The predicted octanol–water partition coefficient (Wildman–Crippen LogP) is 9.27. The number of aliphatic hydroxyl groups excluding tert-OH is 1. The summed E-state index contributed by atoms with van der Waals surface area (Å²) < 4.78 is 0. The van der Waals surface area contributed by atoms with E-state index in [1.54, 1.807) is 23.6 Å². The quantitative estimate of drug-likeness (QED) is 0.0362. The van der Waals surface area contributed by atoms with Crippen LogP contribution >= 0.6 is 46.3 Å². The third-order valence-corrected chi connectivity index (χ3v) is 17.0. The Morgan fingerprint density at radius 2 is 1.61 bits per heavy atom. The Morgan fingerprint density at radius 3 is 2.28 bits per heavy atom. The number of aryl methyl sites for hydroxylation is 1. The number of hydrogen-bond acceptors (Lipinski definition) is 13. The molecule has 6 rings (SSSR count). The van der Waals surface area contributed by atoms with Crippen LogP contribution in [0.4, 0.5) is 11.6 Å². The van der Waals surface area contributed by atoms with E-state index in [9.17, 15) is 24.3 Å². The molecule has 2 aromatic heterocycles. The van der Waals surface area contributed by atoms with Gasteiger partial charge in [-0.25, -0.2) is 15.0 Å². The molecule has 0 bridgehead atoms. The number of nitrogens with two attached hydrogens (primary N) is 2. The van der Waals surface area contributed by atoms with Crippen LogP contribution in [-0.4, -0.2) is 99.5 Å². The highest BCUT2D eigenvalue weighted by atomic mass is 35.5. The second-order valence-electron chi connectivity index (χ2n) is 20.6. The predicted molar refractivity (Wildman–Crippen MR) is 290 cm³/mol. The normalized spacial score (nSPS) is 17.6. The Morgan fingerprint density at radius 1 is 0.931 bits per heavy atom. The number of likely N-dealkylation sites (tertiary alicyclic amines) is 1. The molecule has 8 N–H and O–H groups in total. The van der Waals surface area contributed by atoms with Crippen molar-refractivity contribution in [3.8, 4) is 10.4 Å². The van der Waals surface area contributed by atoms with Crippen LogP contribution in [-0.2, 0) is 19.2 Å². The minimum absolute atomic E-state index is 0.0175. The molecule has 4 atom stereocenters. The van der Waals surface area contributed by atoms with Gasteiger partial charge in [0, 0.05) is 50.3 Å². The second-order valence-corrected chi connectivity index (χ2v) is 23.2. The van der Waals surface area contributed by atoms with Crippen LogP contribution in [0, 0.1) is 17.8 Å². The van der Waals surface area contributed by atoms with Crippen LogP contribution in [0.1, 0.15) is 135 Å². The number of aliphatic hydroxyl groups is 1. The Balaban J connectivity index is 0.818. The lowest BCUT2D eigenvalue weighted by Crippen LogP contribution is -2.57. The highest BCUT2D eigenvalue weighted by Crippen LogP contribution is 2.40. The van der Waals surface area contributed by atoms with Crippen molar-refractivity contribution in [2.75, 3.05) is 43.4 Å². The molecule has 2 fully saturated rings. The number of unbranched alkanes of at least 4 members (excludes halogenated alkanes) is 6. The summed E-state index contributed by atoms with van der Waals surface area (Å²) in [6, 6.07) is 11.4. The number of aromatic nitrogens is 3. The highest BCUT2D eigenvalue weighted by molar-refractivity contribution is 7.99. The third-order valence-electron chi connectivity index (χ3n) is 14.0. The largest absolute Gasteiger partial charge is 0.391 e. The number of thiazole rings is 1. The number of β-amino-alcohol motifs (C(OH)–C–C–N with tert-alkyl or cyclic N) is 1. The van der Waals surface area contributed by atoms with Crippen molar-refractivity contribution in [3.05, 3.63) is 75.5 Å². The molecular weight excluding hydrogens is 992 g/mol. The van der Waals surface area contributed by atoms with E-state index in [1.807, 2.05) is 76.5 Å². The van der Waals surface area contributed by atoms with E-state index in [4.69, 9.17) is 34.7 Å². The molecule has 4 amide bonds. The number of hydrogen-bond donors (Lipinski definition) is 6. The minimum atomic E-state index is -0.874. The summed E-state index contributed by atoms with van der Waals surface area (Å²) >= 11 is 15.5. The fourth-order valence-corrected chi connectivity index (χ4v) is 11.6. The van der Waals surface area contributed by atoms with Gasteiger partial charge in [-0.15, -0.1) is 11.3 Å². The number of carbonyl (C=O) groups excluding carboxylic acids is 4. The maximum atomic E-state index is 14.1. The molecule has 2 aliphatic rings. The molecule has 15 nitrogen and oxygen atoms in total. The summed E-state index contributed by atoms with van der Waals surface area (Å²) in [5.41, 5.74) is 16.9. The second kappa shape index (κ2) is 26.6. The van der Waals surface area contributed by atoms with Gasteiger partial charge in [-0.3, -0.25) is 19.2 Å². The average molecular weight is 1070 g/mol. The highest BCUT2D eigenvalue weighted by Gasteiger charge is 2.45. The van der Waals surface area contributed by atoms with Gasteiger partial charge in [0.2, 0.25) is 23.6 Å². The first-order valence-corrected chi connectivity index (χ1v) is 27.9. The first-order valence-electron chi connectivity index (χ1n) is 25.4. The lowest BCUT2D eigenvalue weighted by atomic mass is 9.74. The maximum absolute atomic E-state index is 14.1. The number of rotatable bonds is 24. The zero-order chi connectivity index (χ0) is 52.0. The number of halogens is 2. The minimum Gasteiger partial charge on any atom is -0.391 e. The van der Waals surface area contributed by atoms with Crippen LogP contribution in [0.25, 0.3) is 10.4 Å². The monoisotopic (exact) mass is 1060 g/mol. The fraction of sp³-hybridized carbons (Fsp3) is 0.566. The van der Waals surface area contributed by atoms with Gasteiger partial charge in [0.25, 0.3) is 0 Å². The van der Waals surface area contributed by atoms with Gasteiger partial charge in [0.15, 0.2) is 5.82 Å². The zero-order valence-corrected chi connectivity index (χ0v) is 45.6. The Labute approximate surface area is 443 Å². The Bertz CT molecular complexity index is 2450. The topological polar surface area (TPSA) is 222 Å². The SMILES string of the molecule is Cc1ncsc1-c1ccc(C(C)NC(=O)C2CC(O)CN2C(=O)C(NC(=O)CCCCCCCNC(=O)CCCCCC2(CN)CCN(c3cnc(Sc4cccc(Cl)c4Cl)c(N)n3)CC2)C(C)(C)C)cc1. The fourth-order valence-electron chi connectivity index (χ4n) is 9.51. The van der Waals surface area contributed by atoms with E-state index in [1.165, 1.54) is 16.7 Å². The molecule has 72 heavy (non-hydrogen) atoms. The van der Waals surface area contributed by atoms with Crippen LogP contribution in [0.15, 0.2) is 64.1 Å². The van der Waals surface area contributed by atoms with Gasteiger partial charge < -0.3 is 42.3 Å². The van der Waals surface area contributed by atoms with Gasteiger partial charge >= 0.3 is 0 Å². The van der Waals surface area contributed by atoms with E-state index in [-0.39, 0.29) is 54.5 Å². The number of piperidine rings is 1. The molecule has 2 aliphatic heterocycles. The third kappa shape index (κ3) is 15.7. The number of nitrogen functional groups attached to an aromatic ring is 1. The molecule has 0 radical (unpaired) electrons. The molecule has 2 saturated heterocycles.